The molecule has 3 heterocycles. The van der Waals surface area contributed by atoms with Gasteiger partial charge in [0.05, 0.1) is 11.7 Å². The summed E-state index contributed by atoms with van der Waals surface area (Å²) in [7, 11) is 0. The van der Waals surface area contributed by atoms with Gasteiger partial charge in [0.2, 0.25) is 5.88 Å². The lowest BCUT2D eigenvalue weighted by molar-refractivity contribution is 0.468. The Morgan fingerprint density at radius 1 is 0.964 bits per heavy atom. The SMILES string of the molecule is Fc1ccc(-c2csc3ncnc(Oc4ccc(-n5ccnc5)cc4)c23)cc1. The molecule has 0 aliphatic heterocycles. The number of halogens is 1. The number of thiophene rings is 1. The summed E-state index contributed by atoms with van der Waals surface area (Å²) in [6.45, 7) is 0. The predicted octanol–water partition coefficient (Wildman–Crippen LogP) is 5.48. The molecule has 0 spiro atoms. The number of aromatic nitrogens is 4. The minimum absolute atomic E-state index is 0.269. The molecule has 0 bridgehead atoms. The lowest BCUT2D eigenvalue weighted by atomic mass is 10.1. The van der Waals surface area contributed by atoms with E-state index < -0.39 is 0 Å². The third kappa shape index (κ3) is 3.01. The molecule has 0 N–H and O–H groups in total. The van der Waals surface area contributed by atoms with Crippen molar-refractivity contribution in [2.45, 2.75) is 0 Å². The maximum Gasteiger partial charge on any atom is 0.231 e. The number of ether oxygens (including phenoxy) is 1. The molecule has 0 fully saturated rings. The Balaban J connectivity index is 1.52. The second-order valence-electron chi connectivity index (χ2n) is 6.08. The summed E-state index contributed by atoms with van der Waals surface area (Å²) in [5.74, 6) is 0.870. The van der Waals surface area contributed by atoms with E-state index in [1.807, 2.05) is 40.4 Å². The molecule has 5 rings (SSSR count). The zero-order valence-electron chi connectivity index (χ0n) is 14.5. The van der Waals surface area contributed by atoms with E-state index in [4.69, 9.17) is 4.74 Å². The summed E-state index contributed by atoms with van der Waals surface area (Å²) in [6, 6.07) is 14.0. The van der Waals surface area contributed by atoms with E-state index in [1.165, 1.54) is 29.8 Å². The average Bonchev–Trinajstić information content (AvgIpc) is 3.40. The van der Waals surface area contributed by atoms with E-state index >= 15 is 0 Å². The monoisotopic (exact) mass is 388 g/mol. The summed E-state index contributed by atoms with van der Waals surface area (Å²) in [4.78, 5) is 13.5. The van der Waals surface area contributed by atoms with Crippen LogP contribution in [0.4, 0.5) is 4.39 Å². The minimum Gasteiger partial charge on any atom is -0.438 e. The van der Waals surface area contributed by atoms with Crippen molar-refractivity contribution < 1.29 is 9.13 Å². The first-order valence-corrected chi connectivity index (χ1v) is 9.40. The Morgan fingerprint density at radius 2 is 1.79 bits per heavy atom. The molecule has 0 amide bonds. The van der Waals surface area contributed by atoms with E-state index in [1.54, 1.807) is 24.7 Å². The van der Waals surface area contributed by atoms with Crippen molar-refractivity contribution in [1.82, 2.24) is 19.5 Å². The van der Waals surface area contributed by atoms with Gasteiger partial charge in [-0.05, 0) is 42.0 Å². The molecule has 0 aliphatic carbocycles. The largest absolute Gasteiger partial charge is 0.438 e. The lowest BCUT2D eigenvalue weighted by Crippen LogP contribution is -1.93. The van der Waals surface area contributed by atoms with Crippen LogP contribution >= 0.6 is 11.3 Å². The molecule has 0 radical (unpaired) electrons. The van der Waals surface area contributed by atoms with Crippen LogP contribution in [0.2, 0.25) is 0 Å². The molecule has 0 saturated carbocycles. The number of nitrogens with zero attached hydrogens (tertiary/aromatic N) is 4. The minimum atomic E-state index is -0.269. The molecule has 7 heteroatoms. The van der Waals surface area contributed by atoms with Crippen LogP contribution in [-0.2, 0) is 0 Å². The van der Waals surface area contributed by atoms with E-state index in [-0.39, 0.29) is 5.82 Å². The van der Waals surface area contributed by atoms with Gasteiger partial charge in [-0.1, -0.05) is 12.1 Å². The van der Waals surface area contributed by atoms with Crippen LogP contribution in [0.15, 0.2) is 79.0 Å². The van der Waals surface area contributed by atoms with E-state index in [0.717, 1.165) is 27.0 Å². The molecule has 136 valence electrons. The summed E-state index contributed by atoms with van der Waals surface area (Å²) < 4.78 is 21.3. The van der Waals surface area contributed by atoms with E-state index in [0.29, 0.717) is 11.6 Å². The zero-order chi connectivity index (χ0) is 18.9. The smallest absolute Gasteiger partial charge is 0.231 e. The quantitative estimate of drug-likeness (QED) is 0.409. The Kier molecular flexibility index (Phi) is 4.06. The van der Waals surface area contributed by atoms with Crippen molar-refractivity contribution in [2.75, 3.05) is 0 Å². The third-order valence-electron chi connectivity index (χ3n) is 4.34. The fraction of sp³-hybridized carbons (Fsp3) is 0. The Labute approximate surface area is 163 Å². The van der Waals surface area contributed by atoms with Crippen LogP contribution < -0.4 is 4.74 Å². The molecule has 0 saturated heterocycles. The molecular formula is C21H13FN4OS. The highest BCUT2D eigenvalue weighted by atomic mass is 32.1. The Hall–Kier alpha value is -3.58. The highest BCUT2D eigenvalue weighted by molar-refractivity contribution is 7.17. The molecule has 3 aromatic heterocycles. The van der Waals surface area contributed by atoms with Gasteiger partial charge in [0.15, 0.2) is 0 Å². The Bertz CT molecular complexity index is 1230. The van der Waals surface area contributed by atoms with Gasteiger partial charge in [-0.3, -0.25) is 0 Å². The van der Waals surface area contributed by atoms with Gasteiger partial charge in [-0.25, -0.2) is 19.3 Å². The van der Waals surface area contributed by atoms with Crippen molar-refractivity contribution in [3.63, 3.8) is 0 Å². The second-order valence-corrected chi connectivity index (χ2v) is 6.94. The molecule has 5 aromatic rings. The fourth-order valence-electron chi connectivity index (χ4n) is 2.98. The molecule has 0 aliphatic rings. The van der Waals surface area contributed by atoms with Crippen LogP contribution in [0.25, 0.3) is 27.0 Å². The maximum atomic E-state index is 13.3. The molecule has 0 atom stereocenters. The molecule has 28 heavy (non-hydrogen) atoms. The van der Waals surface area contributed by atoms with Crippen LogP contribution in [0.5, 0.6) is 11.6 Å². The molecule has 0 unspecified atom stereocenters. The number of rotatable bonds is 4. The third-order valence-corrected chi connectivity index (χ3v) is 5.23. The number of hydrogen-bond acceptors (Lipinski definition) is 5. The van der Waals surface area contributed by atoms with Crippen LogP contribution in [0.1, 0.15) is 0 Å². The van der Waals surface area contributed by atoms with Gasteiger partial charge < -0.3 is 9.30 Å². The molecular weight excluding hydrogens is 375 g/mol. The predicted molar refractivity (Wildman–Crippen MR) is 106 cm³/mol. The normalized spacial score (nSPS) is 11.0. The summed E-state index contributed by atoms with van der Waals surface area (Å²) >= 11 is 1.50. The highest BCUT2D eigenvalue weighted by Gasteiger charge is 2.15. The maximum absolute atomic E-state index is 13.3. The van der Waals surface area contributed by atoms with Gasteiger partial charge in [-0.15, -0.1) is 11.3 Å². The molecule has 5 nitrogen and oxygen atoms in total. The van der Waals surface area contributed by atoms with Crippen LogP contribution in [0, 0.1) is 5.82 Å². The number of benzene rings is 2. The lowest BCUT2D eigenvalue weighted by Gasteiger charge is -2.09. The number of fused-ring (bicyclic) bond motifs is 1. The fourth-order valence-corrected chi connectivity index (χ4v) is 3.88. The highest BCUT2D eigenvalue weighted by Crippen LogP contribution is 2.39. The van der Waals surface area contributed by atoms with Crippen molar-refractivity contribution in [3.05, 3.63) is 84.8 Å². The average molecular weight is 388 g/mol. The van der Waals surface area contributed by atoms with Crippen molar-refractivity contribution >= 4 is 21.6 Å². The number of imidazole rings is 1. The van der Waals surface area contributed by atoms with Crippen molar-refractivity contribution in [3.8, 4) is 28.4 Å². The van der Waals surface area contributed by atoms with Gasteiger partial charge >= 0.3 is 0 Å². The first-order chi connectivity index (χ1) is 13.8. The van der Waals surface area contributed by atoms with Crippen LogP contribution in [0.3, 0.4) is 0 Å². The van der Waals surface area contributed by atoms with Gasteiger partial charge in [0.25, 0.3) is 0 Å². The summed E-state index contributed by atoms with van der Waals surface area (Å²) in [6.07, 6.45) is 6.84. The van der Waals surface area contributed by atoms with Gasteiger partial charge in [0, 0.05) is 29.0 Å². The van der Waals surface area contributed by atoms with E-state index in [9.17, 15) is 4.39 Å². The van der Waals surface area contributed by atoms with E-state index in [2.05, 4.69) is 15.0 Å². The zero-order valence-corrected chi connectivity index (χ0v) is 15.3. The first kappa shape index (κ1) is 16.6. The standard InChI is InChI=1S/C21H13FN4OS/c22-15-3-1-14(2-4-15)18-11-28-21-19(18)20(24-12-25-21)27-17-7-5-16(6-8-17)26-10-9-23-13-26/h1-13H. The second kappa shape index (κ2) is 6.86. The van der Waals surface area contributed by atoms with Crippen LogP contribution in [-0.4, -0.2) is 19.5 Å². The Morgan fingerprint density at radius 3 is 2.54 bits per heavy atom. The summed E-state index contributed by atoms with van der Waals surface area (Å²) in [5.41, 5.74) is 2.80. The summed E-state index contributed by atoms with van der Waals surface area (Å²) in [5, 5.41) is 2.81. The van der Waals surface area contributed by atoms with Gasteiger partial charge in [0.1, 0.15) is 22.7 Å². The topological polar surface area (TPSA) is 52.8 Å². The molecule has 2 aromatic carbocycles. The first-order valence-electron chi connectivity index (χ1n) is 8.52. The van der Waals surface area contributed by atoms with Crippen molar-refractivity contribution in [2.24, 2.45) is 0 Å². The van der Waals surface area contributed by atoms with Crippen molar-refractivity contribution in [1.29, 1.82) is 0 Å². The van der Waals surface area contributed by atoms with Gasteiger partial charge in [-0.2, -0.15) is 0 Å². The number of hydrogen-bond donors (Lipinski definition) is 0.